The standard InChI is InChI=1S/C14H10N2OS/c18-13-8-12(10-4-2-1-3-5-10)15-14(16-13)11-6-7-17-9-11/h1-9H,(H,15,16,18). The van der Waals surface area contributed by atoms with Crippen LogP contribution in [0.2, 0.25) is 0 Å². The van der Waals surface area contributed by atoms with Gasteiger partial charge in [0.1, 0.15) is 16.7 Å². The Morgan fingerprint density at radius 3 is 2.61 bits per heavy atom. The Labute approximate surface area is 109 Å². The number of hydrogen-bond acceptors (Lipinski definition) is 3. The summed E-state index contributed by atoms with van der Waals surface area (Å²) in [6.45, 7) is 0. The Balaban J connectivity index is 2.15. The second kappa shape index (κ2) is 4.58. The average molecular weight is 254 g/mol. The fourth-order valence-corrected chi connectivity index (χ4v) is 1.98. The largest absolute Gasteiger partial charge is 0.472 e. The van der Waals surface area contributed by atoms with E-state index < -0.39 is 0 Å². The highest BCUT2D eigenvalue weighted by atomic mass is 32.1. The van der Waals surface area contributed by atoms with Gasteiger partial charge in [-0.25, -0.2) is 4.98 Å². The monoisotopic (exact) mass is 254 g/mol. The van der Waals surface area contributed by atoms with Crippen molar-refractivity contribution in [2.24, 2.45) is 0 Å². The molecular weight excluding hydrogens is 244 g/mol. The molecule has 2 heterocycles. The SMILES string of the molecule is S=c1cc(-c2ccccc2)[nH]c(-c2ccoc2)n1. The van der Waals surface area contributed by atoms with Gasteiger partial charge in [-0.3, -0.25) is 0 Å². The summed E-state index contributed by atoms with van der Waals surface area (Å²) in [7, 11) is 0. The summed E-state index contributed by atoms with van der Waals surface area (Å²) >= 11 is 5.20. The average Bonchev–Trinajstić information content (AvgIpc) is 2.93. The van der Waals surface area contributed by atoms with E-state index in [1.165, 1.54) is 0 Å². The first-order valence-electron chi connectivity index (χ1n) is 5.52. The van der Waals surface area contributed by atoms with Crippen LogP contribution < -0.4 is 0 Å². The molecule has 0 unspecified atom stereocenters. The van der Waals surface area contributed by atoms with Crippen LogP contribution >= 0.6 is 12.2 Å². The van der Waals surface area contributed by atoms with Gasteiger partial charge in [-0.1, -0.05) is 42.5 Å². The van der Waals surface area contributed by atoms with E-state index in [1.807, 2.05) is 42.5 Å². The van der Waals surface area contributed by atoms with Gasteiger partial charge in [-0.05, 0) is 17.7 Å². The van der Waals surface area contributed by atoms with Gasteiger partial charge in [0.25, 0.3) is 0 Å². The summed E-state index contributed by atoms with van der Waals surface area (Å²) < 4.78 is 5.62. The Kier molecular flexibility index (Phi) is 2.78. The molecule has 3 rings (SSSR count). The molecule has 0 saturated heterocycles. The molecule has 0 radical (unpaired) electrons. The number of aromatic nitrogens is 2. The van der Waals surface area contributed by atoms with Crippen molar-refractivity contribution in [3.63, 3.8) is 0 Å². The highest BCUT2D eigenvalue weighted by Crippen LogP contribution is 2.21. The number of furan rings is 1. The second-order valence-electron chi connectivity index (χ2n) is 3.86. The molecule has 0 atom stereocenters. The number of benzene rings is 1. The lowest BCUT2D eigenvalue weighted by Gasteiger charge is -2.04. The van der Waals surface area contributed by atoms with E-state index in [2.05, 4.69) is 9.97 Å². The molecule has 0 amide bonds. The zero-order valence-corrected chi connectivity index (χ0v) is 10.3. The lowest BCUT2D eigenvalue weighted by atomic mass is 10.1. The summed E-state index contributed by atoms with van der Waals surface area (Å²) in [6, 6.07) is 13.7. The summed E-state index contributed by atoms with van der Waals surface area (Å²) in [5.74, 6) is 0.718. The lowest BCUT2D eigenvalue weighted by molar-refractivity contribution is 0.568. The van der Waals surface area contributed by atoms with Crippen LogP contribution in [0.25, 0.3) is 22.6 Å². The van der Waals surface area contributed by atoms with Gasteiger partial charge in [0.15, 0.2) is 0 Å². The van der Waals surface area contributed by atoms with E-state index in [1.54, 1.807) is 12.5 Å². The van der Waals surface area contributed by atoms with Gasteiger partial charge in [-0.15, -0.1) is 0 Å². The van der Waals surface area contributed by atoms with Crippen molar-refractivity contribution in [2.75, 3.05) is 0 Å². The van der Waals surface area contributed by atoms with E-state index in [-0.39, 0.29) is 0 Å². The summed E-state index contributed by atoms with van der Waals surface area (Å²) in [6.07, 6.45) is 3.26. The van der Waals surface area contributed by atoms with Crippen molar-refractivity contribution in [1.82, 2.24) is 9.97 Å². The number of rotatable bonds is 2. The van der Waals surface area contributed by atoms with E-state index in [4.69, 9.17) is 16.6 Å². The first-order chi connectivity index (χ1) is 8.83. The van der Waals surface area contributed by atoms with Gasteiger partial charge in [0.05, 0.1) is 11.8 Å². The van der Waals surface area contributed by atoms with E-state index in [0.717, 1.165) is 22.6 Å². The number of nitrogens with one attached hydrogen (secondary N) is 1. The molecule has 1 N–H and O–H groups in total. The van der Waals surface area contributed by atoms with E-state index >= 15 is 0 Å². The summed E-state index contributed by atoms with van der Waals surface area (Å²) in [5.41, 5.74) is 2.92. The first-order valence-corrected chi connectivity index (χ1v) is 5.93. The maximum atomic E-state index is 5.20. The zero-order valence-electron chi connectivity index (χ0n) is 9.46. The summed E-state index contributed by atoms with van der Waals surface area (Å²) in [5, 5.41) is 0. The Morgan fingerprint density at radius 2 is 1.89 bits per heavy atom. The molecular formula is C14H10N2OS. The lowest BCUT2D eigenvalue weighted by Crippen LogP contribution is -1.91. The van der Waals surface area contributed by atoms with Crippen LogP contribution in [0.4, 0.5) is 0 Å². The van der Waals surface area contributed by atoms with Crippen LogP contribution in [0.3, 0.4) is 0 Å². The molecule has 18 heavy (non-hydrogen) atoms. The number of nitrogens with zero attached hydrogens (tertiary/aromatic N) is 1. The van der Waals surface area contributed by atoms with Crippen molar-refractivity contribution in [3.8, 4) is 22.6 Å². The van der Waals surface area contributed by atoms with Crippen molar-refractivity contribution in [1.29, 1.82) is 0 Å². The van der Waals surface area contributed by atoms with Gasteiger partial charge in [0.2, 0.25) is 0 Å². The van der Waals surface area contributed by atoms with Gasteiger partial charge >= 0.3 is 0 Å². The predicted octanol–water partition coefficient (Wildman–Crippen LogP) is 4.07. The molecule has 0 bridgehead atoms. The first kappa shape index (κ1) is 10.9. The minimum absolute atomic E-state index is 0.559. The van der Waals surface area contributed by atoms with Crippen LogP contribution in [-0.4, -0.2) is 9.97 Å². The third-order valence-corrected chi connectivity index (χ3v) is 2.83. The zero-order chi connectivity index (χ0) is 12.4. The number of hydrogen-bond donors (Lipinski definition) is 1. The predicted molar refractivity (Wildman–Crippen MR) is 72.6 cm³/mol. The van der Waals surface area contributed by atoms with Crippen LogP contribution in [-0.2, 0) is 0 Å². The number of aromatic amines is 1. The Hall–Kier alpha value is -2.20. The molecule has 4 heteroatoms. The quantitative estimate of drug-likeness (QED) is 0.701. The number of H-pyrrole nitrogens is 1. The molecule has 88 valence electrons. The van der Waals surface area contributed by atoms with Crippen molar-refractivity contribution in [3.05, 3.63) is 59.6 Å². The molecule has 0 aliphatic heterocycles. The highest BCUT2D eigenvalue weighted by Gasteiger charge is 2.04. The molecule has 0 saturated carbocycles. The Bertz CT molecular complexity index is 702. The van der Waals surface area contributed by atoms with Gasteiger partial charge in [-0.2, -0.15) is 0 Å². The third-order valence-electron chi connectivity index (χ3n) is 2.62. The maximum absolute atomic E-state index is 5.20. The molecule has 2 aromatic heterocycles. The maximum Gasteiger partial charge on any atom is 0.142 e. The second-order valence-corrected chi connectivity index (χ2v) is 4.28. The van der Waals surface area contributed by atoms with Crippen LogP contribution in [0.1, 0.15) is 0 Å². The fraction of sp³-hybridized carbons (Fsp3) is 0. The van der Waals surface area contributed by atoms with E-state index in [9.17, 15) is 0 Å². The topological polar surface area (TPSA) is 41.8 Å². The smallest absolute Gasteiger partial charge is 0.142 e. The fourth-order valence-electron chi connectivity index (χ4n) is 1.77. The van der Waals surface area contributed by atoms with Crippen LogP contribution in [0, 0.1) is 4.64 Å². The van der Waals surface area contributed by atoms with Crippen LogP contribution in [0.15, 0.2) is 59.4 Å². The molecule has 3 aromatic rings. The molecule has 0 spiro atoms. The van der Waals surface area contributed by atoms with Gasteiger partial charge < -0.3 is 9.40 Å². The minimum Gasteiger partial charge on any atom is -0.472 e. The molecule has 0 fully saturated rings. The Morgan fingerprint density at radius 1 is 1.06 bits per heavy atom. The molecule has 1 aromatic carbocycles. The van der Waals surface area contributed by atoms with Gasteiger partial charge in [0, 0.05) is 5.69 Å². The minimum atomic E-state index is 0.559. The van der Waals surface area contributed by atoms with E-state index in [0.29, 0.717) is 4.64 Å². The molecule has 3 nitrogen and oxygen atoms in total. The summed E-state index contributed by atoms with van der Waals surface area (Å²) in [4.78, 5) is 7.57. The van der Waals surface area contributed by atoms with Crippen molar-refractivity contribution in [2.45, 2.75) is 0 Å². The van der Waals surface area contributed by atoms with Crippen molar-refractivity contribution >= 4 is 12.2 Å². The third kappa shape index (κ3) is 2.10. The molecule has 0 aliphatic carbocycles. The highest BCUT2D eigenvalue weighted by molar-refractivity contribution is 7.71. The van der Waals surface area contributed by atoms with Crippen LogP contribution in [0.5, 0.6) is 0 Å². The normalized spacial score (nSPS) is 10.4. The van der Waals surface area contributed by atoms with Crippen molar-refractivity contribution < 1.29 is 4.42 Å². The molecule has 0 aliphatic rings.